The first-order chi connectivity index (χ1) is 11.3. The zero-order valence-corrected chi connectivity index (χ0v) is 12.9. The van der Waals surface area contributed by atoms with E-state index >= 15 is 0 Å². The first kappa shape index (κ1) is 14.3. The van der Waals surface area contributed by atoms with Crippen LogP contribution in [-0.2, 0) is 6.54 Å². The Labute approximate surface area is 135 Å². The van der Waals surface area contributed by atoms with Crippen LogP contribution in [0.25, 0.3) is 0 Å². The lowest BCUT2D eigenvalue weighted by Gasteiger charge is -2.53. The molecule has 0 unspecified atom stereocenters. The SMILES string of the molecule is O=C(c1ncccn1)N1CC[C@@H]2CN(Cc3cccnc3)[C@@H]2C1. The maximum absolute atomic E-state index is 12.5. The van der Waals surface area contributed by atoms with Crippen LogP contribution in [0.5, 0.6) is 0 Å². The normalized spacial score (nSPS) is 23.9. The predicted octanol–water partition coefficient (Wildman–Crippen LogP) is 1.22. The molecule has 2 aliphatic rings. The highest BCUT2D eigenvalue weighted by molar-refractivity contribution is 5.90. The predicted molar refractivity (Wildman–Crippen MR) is 84.5 cm³/mol. The molecule has 4 heterocycles. The fraction of sp³-hybridized carbons (Fsp3) is 0.412. The number of amides is 1. The van der Waals surface area contributed by atoms with Gasteiger partial charge in [0.2, 0.25) is 5.82 Å². The van der Waals surface area contributed by atoms with Crippen LogP contribution in [0, 0.1) is 5.92 Å². The maximum Gasteiger partial charge on any atom is 0.291 e. The van der Waals surface area contributed by atoms with E-state index in [1.807, 2.05) is 17.2 Å². The van der Waals surface area contributed by atoms with Crippen LogP contribution in [0.15, 0.2) is 43.0 Å². The standard InChI is InChI=1S/C17H19N5O/c23-17(16-19-6-2-7-20-16)21-8-4-14-11-22(15(14)12-21)10-13-3-1-5-18-9-13/h1-3,5-7,9,14-15H,4,8,10-12H2/t14-,15-/m1/s1. The Hall–Kier alpha value is -2.34. The highest BCUT2D eigenvalue weighted by atomic mass is 16.2. The molecule has 2 fully saturated rings. The van der Waals surface area contributed by atoms with Crippen LogP contribution in [-0.4, -0.2) is 56.3 Å². The summed E-state index contributed by atoms with van der Waals surface area (Å²) in [6.45, 7) is 3.59. The minimum atomic E-state index is -0.0581. The molecule has 0 saturated carbocycles. The van der Waals surface area contributed by atoms with E-state index in [1.54, 1.807) is 24.7 Å². The third kappa shape index (κ3) is 2.82. The molecular weight excluding hydrogens is 290 g/mol. The molecule has 6 heteroatoms. The largest absolute Gasteiger partial charge is 0.334 e. The third-order valence-electron chi connectivity index (χ3n) is 4.81. The van der Waals surface area contributed by atoms with Crippen LogP contribution in [0.1, 0.15) is 22.6 Å². The number of piperidine rings is 1. The first-order valence-corrected chi connectivity index (χ1v) is 8.00. The minimum absolute atomic E-state index is 0.0581. The van der Waals surface area contributed by atoms with E-state index < -0.39 is 0 Å². The van der Waals surface area contributed by atoms with Crippen molar-refractivity contribution in [2.24, 2.45) is 5.92 Å². The second-order valence-electron chi connectivity index (χ2n) is 6.23. The van der Waals surface area contributed by atoms with Crippen molar-refractivity contribution in [1.29, 1.82) is 0 Å². The van der Waals surface area contributed by atoms with Crippen LogP contribution >= 0.6 is 0 Å². The van der Waals surface area contributed by atoms with Gasteiger partial charge in [-0.05, 0) is 30.0 Å². The summed E-state index contributed by atoms with van der Waals surface area (Å²) >= 11 is 0. The number of carbonyl (C=O) groups is 1. The number of hydrogen-bond acceptors (Lipinski definition) is 5. The molecule has 0 aliphatic carbocycles. The summed E-state index contributed by atoms with van der Waals surface area (Å²) in [4.78, 5) is 29.2. The van der Waals surface area contributed by atoms with E-state index in [4.69, 9.17) is 0 Å². The third-order valence-corrected chi connectivity index (χ3v) is 4.81. The Balaban J connectivity index is 1.41. The zero-order valence-electron chi connectivity index (χ0n) is 12.9. The van der Waals surface area contributed by atoms with E-state index in [-0.39, 0.29) is 5.91 Å². The molecule has 0 spiro atoms. The fourth-order valence-electron chi connectivity index (χ4n) is 3.55. The van der Waals surface area contributed by atoms with Gasteiger partial charge in [-0.25, -0.2) is 9.97 Å². The lowest BCUT2D eigenvalue weighted by Crippen LogP contribution is -2.64. The Morgan fingerprint density at radius 1 is 1.17 bits per heavy atom. The number of fused-ring (bicyclic) bond motifs is 1. The van der Waals surface area contributed by atoms with Crippen molar-refractivity contribution in [3.8, 4) is 0 Å². The van der Waals surface area contributed by atoms with Gasteiger partial charge >= 0.3 is 0 Å². The van der Waals surface area contributed by atoms with Gasteiger partial charge in [-0.3, -0.25) is 14.7 Å². The molecule has 2 saturated heterocycles. The lowest BCUT2D eigenvalue weighted by molar-refractivity contribution is -0.0430. The molecule has 6 nitrogen and oxygen atoms in total. The van der Waals surface area contributed by atoms with Gasteiger partial charge in [0.15, 0.2) is 0 Å². The van der Waals surface area contributed by atoms with Crippen molar-refractivity contribution in [2.45, 2.75) is 19.0 Å². The summed E-state index contributed by atoms with van der Waals surface area (Å²) in [6, 6.07) is 6.24. The number of rotatable bonds is 3. The van der Waals surface area contributed by atoms with Crippen LogP contribution in [0.3, 0.4) is 0 Å². The highest BCUT2D eigenvalue weighted by Crippen LogP contribution is 2.33. The van der Waals surface area contributed by atoms with E-state index in [9.17, 15) is 4.79 Å². The van der Waals surface area contributed by atoms with E-state index in [0.29, 0.717) is 17.8 Å². The van der Waals surface area contributed by atoms with Gasteiger partial charge in [-0.1, -0.05) is 6.07 Å². The average molecular weight is 309 g/mol. The Morgan fingerprint density at radius 3 is 2.83 bits per heavy atom. The summed E-state index contributed by atoms with van der Waals surface area (Å²) in [7, 11) is 0. The lowest BCUT2D eigenvalue weighted by atomic mass is 9.82. The average Bonchev–Trinajstić information content (AvgIpc) is 2.61. The minimum Gasteiger partial charge on any atom is -0.334 e. The van der Waals surface area contributed by atoms with Crippen molar-refractivity contribution in [3.63, 3.8) is 0 Å². The highest BCUT2D eigenvalue weighted by Gasteiger charge is 2.43. The summed E-state index contributed by atoms with van der Waals surface area (Å²) in [5, 5.41) is 0. The second-order valence-corrected chi connectivity index (χ2v) is 6.23. The summed E-state index contributed by atoms with van der Waals surface area (Å²) in [5.41, 5.74) is 1.22. The molecule has 2 aromatic rings. The summed E-state index contributed by atoms with van der Waals surface area (Å²) < 4.78 is 0. The Bertz CT molecular complexity index is 678. The molecular formula is C17H19N5O. The number of likely N-dealkylation sites (tertiary alicyclic amines) is 2. The summed E-state index contributed by atoms with van der Waals surface area (Å²) in [5.74, 6) is 0.939. The number of aromatic nitrogens is 3. The van der Waals surface area contributed by atoms with Gasteiger partial charge < -0.3 is 4.90 Å². The fourth-order valence-corrected chi connectivity index (χ4v) is 3.55. The molecule has 2 atom stereocenters. The van der Waals surface area contributed by atoms with Crippen LogP contribution in [0.4, 0.5) is 0 Å². The molecule has 118 valence electrons. The Kier molecular flexibility index (Phi) is 3.75. The number of pyridine rings is 1. The van der Waals surface area contributed by atoms with Gasteiger partial charge in [0, 0.05) is 57.0 Å². The summed E-state index contributed by atoms with van der Waals surface area (Å²) in [6.07, 6.45) is 8.00. The maximum atomic E-state index is 12.5. The molecule has 4 rings (SSSR count). The van der Waals surface area contributed by atoms with Gasteiger partial charge in [0.1, 0.15) is 0 Å². The van der Waals surface area contributed by atoms with Gasteiger partial charge in [-0.2, -0.15) is 0 Å². The monoisotopic (exact) mass is 309 g/mol. The molecule has 2 aromatic heterocycles. The van der Waals surface area contributed by atoms with Crippen molar-refractivity contribution >= 4 is 5.91 Å². The molecule has 0 N–H and O–H groups in total. The van der Waals surface area contributed by atoms with Crippen molar-refractivity contribution in [3.05, 3.63) is 54.4 Å². The van der Waals surface area contributed by atoms with E-state index in [0.717, 1.165) is 32.6 Å². The van der Waals surface area contributed by atoms with Gasteiger partial charge in [-0.15, -0.1) is 0 Å². The Morgan fingerprint density at radius 2 is 2.04 bits per heavy atom. The van der Waals surface area contributed by atoms with E-state index in [1.165, 1.54) is 5.56 Å². The van der Waals surface area contributed by atoms with Crippen molar-refractivity contribution in [1.82, 2.24) is 24.8 Å². The molecule has 1 amide bonds. The van der Waals surface area contributed by atoms with Gasteiger partial charge in [0.25, 0.3) is 5.91 Å². The topological polar surface area (TPSA) is 62.2 Å². The van der Waals surface area contributed by atoms with Gasteiger partial charge in [0.05, 0.1) is 0 Å². The zero-order chi connectivity index (χ0) is 15.6. The number of nitrogens with zero attached hydrogens (tertiary/aromatic N) is 5. The number of carbonyl (C=O) groups excluding carboxylic acids is 1. The second kappa shape index (κ2) is 6.04. The molecule has 0 radical (unpaired) electrons. The van der Waals surface area contributed by atoms with Crippen LogP contribution < -0.4 is 0 Å². The molecule has 23 heavy (non-hydrogen) atoms. The van der Waals surface area contributed by atoms with Crippen molar-refractivity contribution < 1.29 is 4.79 Å². The molecule has 0 bridgehead atoms. The molecule has 2 aliphatic heterocycles. The quantitative estimate of drug-likeness (QED) is 0.853. The molecule has 0 aromatic carbocycles. The van der Waals surface area contributed by atoms with Crippen LogP contribution in [0.2, 0.25) is 0 Å². The van der Waals surface area contributed by atoms with Crippen molar-refractivity contribution in [2.75, 3.05) is 19.6 Å². The first-order valence-electron chi connectivity index (χ1n) is 8.00. The number of hydrogen-bond donors (Lipinski definition) is 0. The van der Waals surface area contributed by atoms with E-state index in [2.05, 4.69) is 25.9 Å². The smallest absolute Gasteiger partial charge is 0.291 e.